The van der Waals surface area contributed by atoms with Gasteiger partial charge in [0.05, 0.1) is 6.54 Å². The lowest BCUT2D eigenvalue weighted by molar-refractivity contribution is 0.0482. The average molecular weight is 443 g/mol. The van der Waals surface area contributed by atoms with Gasteiger partial charge in [0.15, 0.2) is 5.96 Å². The van der Waals surface area contributed by atoms with Gasteiger partial charge in [-0.1, -0.05) is 31.2 Å². The van der Waals surface area contributed by atoms with Crippen LogP contribution in [0.25, 0.3) is 0 Å². The molecule has 1 atom stereocenters. The molecule has 3 rings (SSSR count). The highest BCUT2D eigenvalue weighted by Gasteiger charge is 2.36. The number of piperidine rings is 1. The number of hydrogen-bond donors (Lipinski definition) is 2. The number of hydrogen-bond acceptors (Lipinski definition) is 2. The molecule has 0 amide bonds. The van der Waals surface area contributed by atoms with Crippen molar-refractivity contribution < 1.29 is 5.11 Å². The first-order valence-electron chi connectivity index (χ1n) is 8.96. The monoisotopic (exact) mass is 443 g/mol. The van der Waals surface area contributed by atoms with Crippen LogP contribution in [-0.4, -0.2) is 42.1 Å². The lowest BCUT2D eigenvalue weighted by atomic mass is 9.96. The highest BCUT2D eigenvalue weighted by molar-refractivity contribution is 14.0. The zero-order valence-electron chi connectivity index (χ0n) is 14.8. The van der Waals surface area contributed by atoms with Crippen LogP contribution >= 0.6 is 24.0 Å². The van der Waals surface area contributed by atoms with Crippen molar-refractivity contribution in [2.75, 3.05) is 26.2 Å². The van der Waals surface area contributed by atoms with Gasteiger partial charge < -0.3 is 15.3 Å². The van der Waals surface area contributed by atoms with Crippen molar-refractivity contribution in [3.8, 4) is 0 Å². The van der Waals surface area contributed by atoms with Crippen molar-refractivity contribution in [2.24, 2.45) is 10.9 Å². The first-order valence-corrected chi connectivity index (χ1v) is 8.96. The lowest BCUT2D eigenvalue weighted by Gasteiger charge is -2.33. The van der Waals surface area contributed by atoms with E-state index in [4.69, 9.17) is 4.99 Å². The Morgan fingerprint density at radius 2 is 2.04 bits per heavy atom. The van der Waals surface area contributed by atoms with Crippen LogP contribution in [-0.2, 0) is 12.0 Å². The molecule has 1 fully saturated rings. The van der Waals surface area contributed by atoms with Gasteiger partial charge >= 0.3 is 0 Å². The summed E-state index contributed by atoms with van der Waals surface area (Å²) in [6.07, 6.45) is 4.15. The molecule has 2 aliphatic rings. The third-order valence-corrected chi connectivity index (χ3v) is 5.24. The molecule has 1 unspecified atom stereocenters. The number of fused-ring (bicyclic) bond motifs is 1. The quantitative estimate of drug-likeness (QED) is 0.429. The highest BCUT2D eigenvalue weighted by Crippen LogP contribution is 2.36. The fourth-order valence-corrected chi connectivity index (χ4v) is 3.68. The first-order chi connectivity index (χ1) is 11.1. The fraction of sp³-hybridized carbons (Fsp3) is 0.632. The molecule has 1 heterocycles. The molecule has 0 saturated carbocycles. The predicted octanol–water partition coefficient (Wildman–Crippen LogP) is 3.14. The minimum absolute atomic E-state index is 0. The summed E-state index contributed by atoms with van der Waals surface area (Å²) >= 11 is 0. The molecule has 0 radical (unpaired) electrons. The Hall–Kier alpha value is -0.820. The van der Waals surface area contributed by atoms with Crippen molar-refractivity contribution >= 4 is 29.9 Å². The van der Waals surface area contributed by atoms with Crippen LogP contribution in [0.4, 0.5) is 0 Å². The number of benzene rings is 1. The number of aliphatic hydroxyl groups is 1. The normalized spacial score (nSPS) is 24.5. The number of nitrogens with zero attached hydrogens (tertiary/aromatic N) is 2. The predicted molar refractivity (Wildman–Crippen MR) is 110 cm³/mol. The minimum atomic E-state index is -0.805. The van der Waals surface area contributed by atoms with Crippen LogP contribution in [0.1, 0.15) is 44.2 Å². The number of likely N-dealkylation sites (tertiary alicyclic amines) is 1. The van der Waals surface area contributed by atoms with Crippen molar-refractivity contribution in [2.45, 2.75) is 45.1 Å². The SMILES string of the molecule is CCNC(=NCC1(O)CCc2ccccc21)N1CCC(C)CC1.I. The maximum atomic E-state index is 11.0. The van der Waals surface area contributed by atoms with Gasteiger partial charge in [0.1, 0.15) is 5.60 Å². The van der Waals surface area contributed by atoms with Gasteiger partial charge in [-0.05, 0) is 49.7 Å². The van der Waals surface area contributed by atoms with Gasteiger partial charge in [0.2, 0.25) is 0 Å². The number of aliphatic imine (C=N–C) groups is 1. The van der Waals surface area contributed by atoms with Gasteiger partial charge in [0.25, 0.3) is 0 Å². The molecule has 1 aliphatic carbocycles. The van der Waals surface area contributed by atoms with Gasteiger partial charge in [0, 0.05) is 19.6 Å². The fourth-order valence-electron chi connectivity index (χ4n) is 3.68. The summed E-state index contributed by atoms with van der Waals surface area (Å²) in [7, 11) is 0. The maximum absolute atomic E-state index is 11.0. The zero-order chi connectivity index (χ0) is 16.3. The number of guanidine groups is 1. The van der Waals surface area contributed by atoms with Crippen molar-refractivity contribution in [3.63, 3.8) is 0 Å². The molecule has 1 aromatic rings. The van der Waals surface area contributed by atoms with Crippen LogP contribution in [0.15, 0.2) is 29.3 Å². The lowest BCUT2D eigenvalue weighted by Crippen LogP contribution is -2.46. The van der Waals surface area contributed by atoms with Gasteiger partial charge in [-0.2, -0.15) is 0 Å². The second-order valence-electron chi connectivity index (χ2n) is 7.03. The van der Waals surface area contributed by atoms with Gasteiger partial charge in [-0.15, -0.1) is 24.0 Å². The van der Waals surface area contributed by atoms with Gasteiger partial charge in [-0.3, -0.25) is 0 Å². The minimum Gasteiger partial charge on any atom is -0.383 e. The molecular weight excluding hydrogens is 413 g/mol. The van der Waals surface area contributed by atoms with Crippen LogP contribution in [0.3, 0.4) is 0 Å². The highest BCUT2D eigenvalue weighted by atomic mass is 127. The van der Waals surface area contributed by atoms with Crippen LogP contribution in [0.5, 0.6) is 0 Å². The first kappa shape index (κ1) is 19.5. The Bertz CT molecular complexity index is 569. The molecule has 0 spiro atoms. The molecule has 1 aliphatic heterocycles. The Morgan fingerprint density at radius 3 is 2.75 bits per heavy atom. The largest absolute Gasteiger partial charge is 0.383 e. The van der Waals surface area contributed by atoms with E-state index < -0.39 is 5.60 Å². The summed E-state index contributed by atoms with van der Waals surface area (Å²) in [5, 5.41) is 14.4. The van der Waals surface area contributed by atoms with E-state index in [1.165, 1.54) is 18.4 Å². The van der Waals surface area contributed by atoms with Crippen LogP contribution < -0.4 is 5.32 Å². The van der Waals surface area contributed by atoms with Crippen molar-refractivity contribution in [1.82, 2.24) is 10.2 Å². The van der Waals surface area contributed by atoms with E-state index in [0.29, 0.717) is 6.54 Å². The van der Waals surface area contributed by atoms with Crippen molar-refractivity contribution in [1.29, 1.82) is 0 Å². The molecule has 4 nitrogen and oxygen atoms in total. The maximum Gasteiger partial charge on any atom is 0.194 e. The second-order valence-corrected chi connectivity index (χ2v) is 7.03. The number of nitrogens with one attached hydrogen (secondary N) is 1. The summed E-state index contributed by atoms with van der Waals surface area (Å²) in [5.41, 5.74) is 1.52. The van der Waals surface area contributed by atoms with E-state index in [2.05, 4.69) is 30.1 Å². The molecule has 1 aromatic carbocycles. The number of rotatable bonds is 3. The van der Waals surface area contributed by atoms with E-state index in [-0.39, 0.29) is 24.0 Å². The zero-order valence-corrected chi connectivity index (χ0v) is 17.1. The van der Waals surface area contributed by atoms with E-state index in [0.717, 1.165) is 49.9 Å². The summed E-state index contributed by atoms with van der Waals surface area (Å²) in [6, 6.07) is 8.23. The smallest absolute Gasteiger partial charge is 0.194 e. The Kier molecular flexibility index (Phi) is 6.92. The second kappa shape index (κ2) is 8.52. The molecule has 24 heavy (non-hydrogen) atoms. The topological polar surface area (TPSA) is 47.9 Å². The Morgan fingerprint density at radius 1 is 1.33 bits per heavy atom. The van der Waals surface area contributed by atoms with Crippen molar-refractivity contribution in [3.05, 3.63) is 35.4 Å². The standard InChI is InChI=1S/C19H29N3O.HI/c1-3-20-18(22-12-9-15(2)10-13-22)21-14-19(23)11-8-16-6-4-5-7-17(16)19;/h4-7,15,23H,3,8-14H2,1-2H3,(H,20,21);1H. The van der Waals surface area contributed by atoms with E-state index >= 15 is 0 Å². The third-order valence-electron chi connectivity index (χ3n) is 5.24. The Balaban J connectivity index is 0.00000208. The van der Waals surface area contributed by atoms with E-state index in [1.807, 2.05) is 18.2 Å². The van der Waals surface area contributed by atoms with Crippen LogP contribution in [0.2, 0.25) is 0 Å². The molecule has 0 aromatic heterocycles. The molecule has 1 saturated heterocycles. The Labute approximate surface area is 162 Å². The molecular formula is C19H30IN3O. The summed E-state index contributed by atoms with van der Waals surface area (Å²) in [5.74, 6) is 1.76. The van der Waals surface area contributed by atoms with E-state index in [1.54, 1.807) is 0 Å². The average Bonchev–Trinajstić information content (AvgIpc) is 2.91. The van der Waals surface area contributed by atoms with Gasteiger partial charge in [-0.25, -0.2) is 4.99 Å². The number of halogens is 1. The van der Waals surface area contributed by atoms with Crippen LogP contribution in [0, 0.1) is 5.92 Å². The molecule has 134 valence electrons. The summed E-state index contributed by atoms with van der Waals surface area (Å²) in [4.78, 5) is 7.14. The van der Waals surface area contributed by atoms with E-state index in [9.17, 15) is 5.11 Å². The summed E-state index contributed by atoms with van der Waals surface area (Å²) in [6.45, 7) is 7.84. The third kappa shape index (κ3) is 4.23. The molecule has 2 N–H and O–H groups in total. The molecule has 5 heteroatoms. The molecule has 0 bridgehead atoms. The number of aryl methyl sites for hydroxylation is 1. The summed E-state index contributed by atoms with van der Waals surface area (Å²) < 4.78 is 0.